The van der Waals surface area contributed by atoms with Crippen molar-refractivity contribution in [3.8, 4) is 0 Å². The number of aromatic nitrogens is 1. The quantitative estimate of drug-likeness (QED) is 0.711. The van der Waals surface area contributed by atoms with E-state index in [4.69, 9.17) is 17.2 Å². The molecule has 2 N–H and O–H groups in total. The van der Waals surface area contributed by atoms with Crippen molar-refractivity contribution in [3.63, 3.8) is 0 Å². The maximum Gasteiger partial charge on any atom is 0.171 e. The minimum Gasteiger partial charge on any atom is -0.359 e. The van der Waals surface area contributed by atoms with Crippen molar-refractivity contribution < 1.29 is 0 Å². The van der Waals surface area contributed by atoms with E-state index in [0.29, 0.717) is 12.0 Å². The highest BCUT2D eigenvalue weighted by Crippen LogP contribution is 2.30. The van der Waals surface area contributed by atoms with Crippen molar-refractivity contribution in [1.82, 2.24) is 15.2 Å². The van der Waals surface area contributed by atoms with Gasteiger partial charge in [0.1, 0.15) is 5.82 Å². The Morgan fingerprint density at radius 2 is 1.87 bits per heavy atom. The standard InChI is InChI=1S/C24H35N5S/c1-16-6-5-7-21(18(16)3)27-24(30)25-19-8-9-22-20(15-19)17(2)14-23(26-22)29-12-10-28(4)11-13-29/h8-9,14-16,18,21H,5-7,10-13H2,1-4H3,(H2,25,27,30)/t16-,18-,21-/m1/s1. The zero-order chi connectivity index (χ0) is 21.3. The number of hydrogen-bond donors (Lipinski definition) is 2. The third-order valence-electron chi connectivity index (χ3n) is 7.11. The maximum atomic E-state index is 5.63. The lowest BCUT2D eigenvalue weighted by molar-refractivity contribution is 0.225. The smallest absolute Gasteiger partial charge is 0.171 e. The van der Waals surface area contributed by atoms with Crippen LogP contribution in [-0.4, -0.2) is 54.3 Å². The fourth-order valence-electron chi connectivity index (χ4n) is 4.77. The molecule has 162 valence electrons. The van der Waals surface area contributed by atoms with Gasteiger partial charge < -0.3 is 20.4 Å². The normalized spacial score (nSPS) is 25.3. The summed E-state index contributed by atoms with van der Waals surface area (Å²) in [6.45, 7) is 11.1. The third kappa shape index (κ3) is 4.70. The lowest BCUT2D eigenvalue weighted by Gasteiger charge is -2.35. The Kier molecular flexibility index (Phi) is 6.44. The molecule has 1 aromatic heterocycles. The van der Waals surface area contributed by atoms with Gasteiger partial charge in [-0.2, -0.15) is 0 Å². The van der Waals surface area contributed by atoms with Crippen LogP contribution in [0.4, 0.5) is 11.5 Å². The van der Waals surface area contributed by atoms with Gasteiger partial charge in [-0.05, 0) is 74.3 Å². The van der Waals surface area contributed by atoms with Crippen LogP contribution < -0.4 is 15.5 Å². The Balaban J connectivity index is 1.46. The van der Waals surface area contributed by atoms with E-state index < -0.39 is 0 Å². The van der Waals surface area contributed by atoms with Crippen LogP contribution in [0.15, 0.2) is 24.3 Å². The predicted octanol–water partition coefficient (Wildman–Crippen LogP) is 4.41. The zero-order valence-corrected chi connectivity index (χ0v) is 19.6. The van der Waals surface area contributed by atoms with Gasteiger partial charge in [0.2, 0.25) is 0 Å². The van der Waals surface area contributed by atoms with Crippen molar-refractivity contribution in [1.29, 1.82) is 0 Å². The second-order valence-electron chi connectivity index (χ2n) is 9.29. The van der Waals surface area contributed by atoms with E-state index in [9.17, 15) is 0 Å². The molecule has 1 saturated carbocycles. The first-order chi connectivity index (χ1) is 14.4. The van der Waals surface area contributed by atoms with Crippen LogP contribution in [-0.2, 0) is 0 Å². The van der Waals surface area contributed by atoms with E-state index >= 15 is 0 Å². The Bertz CT molecular complexity index is 906. The van der Waals surface area contributed by atoms with Gasteiger partial charge >= 0.3 is 0 Å². The van der Waals surface area contributed by atoms with Crippen LogP contribution in [0.25, 0.3) is 10.9 Å². The van der Waals surface area contributed by atoms with Crippen molar-refractivity contribution in [2.75, 3.05) is 43.4 Å². The molecule has 2 aromatic rings. The van der Waals surface area contributed by atoms with Crippen LogP contribution in [0, 0.1) is 18.8 Å². The molecule has 1 aliphatic carbocycles. The highest BCUT2D eigenvalue weighted by Gasteiger charge is 2.27. The molecule has 0 unspecified atom stereocenters. The van der Waals surface area contributed by atoms with Crippen LogP contribution in [0.1, 0.15) is 38.7 Å². The number of aryl methyl sites for hydroxylation is 1. The Morgan fingerprint density at radius 1 is 1.10 bits per heavy atom. The molecule has 2 fully saturated rings. The Morgan fingerprint density at radius 3 is 2.63 bits per heavy atom. The van der Waals surface area contributed by atoms with Crippen LogP contribution in [0.5, 0.6) is 0 Å². The number of thiocarbonyl (C=S) groups is 1. The Labute approximate surface area is 186 Å². The number of anilines is 2. The molecule has 2 aliphatic rings. The van der Waals surface area contributed by atoms with Crippen molar-refractivity contribution in [2.45, 2.75) is 46.1 Å². The van der Waals surface area contributed by atoms with E-state index in [1.807, 2.05) is 0 Å². The summed E-state index contributed by atoms with van der Waals surface area (Å²) in [5.74, 6) is 2.49. The van der Waals surface area contributed by atoms with Crippen molar-refractivity contribution in [2.24, 2.45) is 11.8 Å². The summed E-state index contributed by atoms with van der Waals surface area (Å²) in [4.78, 5) is 9.71. The average molecular weight is 426 g/mol. The number of pyridine rings is 1. The lowest BCUT2D eigenvalue weighted by Crippen LogP contribution is -2.45. The number of nitrogens with one attached hydrogen (secondary N) is 2. The van der Waals surface area contributed by atoms with Crippen LogP contribution in [0.2, 0.25) is 0 Å². The highest BCUT2D eigenvalue weighted by atomic mass is 32.1. The number of rotatable bonds is 3. The van der Waals surface area contributed by atoms with E-state index in [2.05, 4.69) is 72.5 Å². The number of fused-ring (bicyclic) bond motifs is 1. The minimum absolute atomic E-state index is 0.462. The summed E-state index contributed by atoms with van der Waals surface area (Å²) >= 11 is 5.63. The minimum atomic E-state index is 0.462. The van der Waals surface area contributed by atoms with Gasteiger partial charge in [0.05, 0.1) is 5.52 Å². The second-order valence-corrected chi connectivity index (χ2v) is 9.70. The third-order valence-corrected chi connectivity index (χ3v) is 7.33. The molecular weight excluding hydrogens is 390 g/mol. The Hall–Kier alpha value is -1.92. The van der Waals surface area contributed by atoms with Gasteiger partial charge in [0.25, 0.3) is 0 Å². The number of nitrogens with zero attached hydrogens (tertiary/aromatic N) is 3. The first-order valence-corrected chi connectivity index (χ1v) is 11.7. The molecule has 2 heterocycles. The topological polar surface area (TPSA) is 43.4 Å². The van der Waals surface area contributed by atoms with E-state index in [1.54, 1.807) is 0 Å². The van der Waals surface area contributed by atoms with Crippen LogP contribution >= 0.6 is 12.2 Å². The molecule has 1 aromatic carbocycles. The number of benzene rings is 1. The molecule has 0 bridgehead atoms. The largest absolute Gasteiger partial charge is 0.359 e. The maximum absolute atomic E-state index is 5.63. The van der Waals surface area contributed by atoms with Gasteiger partial charge in [-0.25, -0.2) is 4.98 Å². The van der Waals surface area contributed by atoms with E-state index in [-0.39, 0.29) is 0 Å². The highest BCUT2D eigenvalue weighted by molar-refractivity contribution is 7.80. The molecular formula is C24H35N5S. The summed E-state index contributed by atoms with van der Waals surface area (Å²) in [7, 11) is 2.18. The fourth-order valence-corrected chi connectivity index (χ4v) is 5.04. The molecule has 30 heavy (non-hydrogen) atoms. The number of likely N-dealkylation sites (N-methyl/N-ethyl adjacent to an activating group) is 1. The molecule has 0 spiro atoms. The lowest BCUT2D eigenvalue weighted by atomic mass is 9.78. The van der Waals surface area contributed by atoms with Gasteiger partial charge in [-0.15, -0.1) is 0 Å². The molecule has 1 aliphatic heterocycles. The summed E-state index contributed by atoms with van der Waals surface area (Å²) in [5.41, 5.74) is 3.32. The summed E-state index contributed by atoms with van der Waals surface area (Å²) < 4.78 is 0. The summed E-state index contributed by atoms with van der Waals surface area (Å²) in [6, 6.07) is 9.05. The zero-order valence-electron chi connectivity index (χ0n) is 18.7. The van der Waals surface area contributed by atoms with Gasteiger partial charge in [0.15, 0.2) is 5.11 Å². The molecule has 3 atom stereocenters. The molecule has 4 rings (SSSR count). The van der Waals surface area contributed by atoms with E-state index in [1.165, 1.54) is 30.2 Å². The second kappa shape index (κ2) is 9.06. The van der Waals surface area contributed by atoms with Crippen LogP contribution in [0.3, 0.4) is 0 Å². The van der Waals surface area contributed by atoms with Crippen molar-refractivity contribution >= 4 is 39.7 Å². The summed E-state index contributed by atoms with van der Waals surface area (Å²) in [6.07, 6.45) is 3.80. The fraction of sp³-hybridized carbons (Fsp3) is 0.583. The number of hydrogen-bond acceptors (Lipinski definition) is 4. The molecule has 1 saturated heterocycles. The molecule has 0 radical (unpaired) electrons. The van der Waals surface area contributed by atoms with E-state index in [0.717, 1.165) is 54.2 Å². The van der Waals surface area contributed by atoms with Gasteiger partial charge in [-0.3, -0.25) is 0 Å². The molecule has 0 amide bonds. The SMILES string of the molecule is Cc1cc(N2CCN(C)CC2)nc2ccc(NC(=S)N[C@@H]3CCC[C@@H](C)[C@H]3C)cc12. The molecule has 5 nitrogen and oxygen atoms in total. The van der Waals surface area contributed by atoms with Gasteiger partial charge in [-0.1, -0.05) is 26.7 Å². The monoisotopic (exact) mass is 425 g/mol. The number of piperazine rings is 1. The van der Waals surface area contributed by atoms with Gasteiger partial charge in [0, 0.05) is 43.3 Å². The predicted molar refractivity (Wildman–Crippen MR) is 132 cm³/mol. The average Bonchev–Trinajstić information content (AvgIpc) is 2.72. The summed E-state index contributed by atoms with van der Waals surface area (Å²) in [5, 5.41) is 8.87. The first-order valence-electron chi connectivity index (χ1n) is 11.3. The first kappa shape index (κ1) is 21.3. The molecule has 6 heteroatoms. The van der Waals surface area contributed by atoms with Crippen molar-refractivity contribution in [3.05, 3.63) is 29.8 Å².